The molecule has 198 valence electrons. The van der Waals surface area contributed by atoms with Gasteiger partial charge in [-0.25, -0.2) is 11.6 Å². The fourth-order valence-electron chi connectivity index (χ4n) is 4.39. The molecule has 2 aromatic heterocycles. The van der Waals surface area contributed by atoms with Gasteiger partial charge < -0.3 is 20.4 Å². The third kappa shape index (κ3) is 7.74. The minimum absolute atomic E-state index is 0. The van der Waals surface area contributed by atoms with E-state index in [1.54, 1.807) is 37.4 Å². The van der Waals surface area contributed by atoms with Crippen LogP contribution in [-0.2, 0) is 11.3 Å². The number of amides is 2. The van der Waals surface area contributed by atoms with Crippen molar-refractivity contribution in [3.05, 3.63) is 123 Å². The van der Waals surface area contributed by atoms with Crippen molar-refractivity contribution >= 4 is 29.7 Å². The van der Waals surface area contributed by atoms with E-state index in [1.165, 1.54) is 0 Å². The van der Waals surface area contributed by atoms with Gasteiger partial charge in [-0.2, -0.15) is 18.2 Å². The molecule has 4 aromatic rings. The van der Waals surface area contributed by atoms with E-state index in [9.17, 15) is 14.4 Å². The third-order valence-corrected chi connectivity index (χ3v) is 6.51. The third-order valence-electron chi connectivity index (χ3n) is 6.51. The number of H-pyrrole nitrogens is 1. The van der Waals surface area contributed by atoms with Crippen LogP contribution in [-0.4, -0.2) is 28.1 Å². The summed E-state index contributed by atoms with van der Waals surface area (Å²) in [6, 6.07) is 21.2. The van der Waals surface area contributed by atoms with Crippen LogP contribution >= 0.6 is 0 Å². The average Bonchev–Trinajstić information content (AvgIpc) is 3.23. The van der Waals surface area contributed by atoms with Gasteiger partial charge in [0.05, 0.1) is 23.8 Å². The van der Waals surface area contributed by atoms with Gasteiger partial charge in [-0.05, 0) is 62.2 Å². The SMILES string of the molecule is Cc1ccnc(CNC(=O)c2c(C)[nH]c(/C=C(\[C-]=O)c3[c-]ccc(C(=O)NC(C)c4ccccc4)c3)c2C)c1.[K+]. The van der Waals surface area contributed by atoms with Gasteiger partial charge in [0.1, 0.15) is 0 Å². The van der Waals surface area contributed by atoms with E-state index in [1.807, 2.05) is 69.5 Å². The molecule has 1 unspecified atom stereocenters. The summed E-state index contributed by atoms with van der Waals surface area (Å²) in [6.07, 6.45) is 5.29. The number of aromatic nitrogens is 2. The fraction of sp³-hybridized carbons (Fsp3) is 0.188. The zero-order valence-corrected chi connectivity index (χ0v) is 26.5. The van der Waals surface area contributed by atoms with E-state index in [-0.39, 0.29) is 74.8 Å². The first-order chi connectivity index (χ1) is 18.8. The van der Waals surface area contributed by atoms with Crippen LogP contribution in [0.5, 0.6) is 0 Å². The molecule has 2 aromatic carbocycles. The van der Waals surface area contributed by atoms with Crippen LogP contribution < -0.4 is 62.0 Å². The predicted octanol–water partition coefficient (Wildman–Crippen LogP) is 2.21. The molecule has 0 radical (unpaired) electrons. The number of hydrogen-bond acceptors (Lipinski definition) is 4. The second-order valence-corrected chi connectivity index (χ2v) is 9.43. The van der Waals surface area contributed by atoms with Crippen molar-refractivity contribution in [1.82, 2.24) is 20.6 Å². The van der Waals surface area contributed by atoms with Crippen LogP contribution in [0.2, 0.25) is 0 Å². The van der Waals surface area contributed by atoms with Crippen molar-refractivity contribution < 1.29 is 65.8 Å². The van der Waals surface area contributed by atoms with Gasteiger partial charge in [-0.3, -0.25) is 20.1 Å². The fourth-order valence-corrected chi connectivity index (χ4v) is 4.39. The standard InChI is InChI=1S/C32H30N4O3.K/c1-20-13-14-33-28(15-20)18-34-32(39)30-21(2)29(35-23(30)4)17-27(19-37)25-11-8-12-26(16-25)31(38)36-22(3)24-9-6-5-7-10-24;/h5-10,12-17,22,35H,18H2,1-4H3,(H,34,39)(H,36,38);/q-2;+1/b27-17+;. The van der Waals surface area contributed by atoms with Crippen molar-refractivity contribution in [2.45, 2.75) is 40.3 Å². The molecule has 0 spiro atoms. The summed E-state index contributed by atoms with van der Waals surface area (Å²) in [6.45, 7) is 7.80. The first-order valence-electron chi connectivity index (χ1n) is 12.6. The molecule has 0 saturated heterocycles. The van der Waals surface area contributed by atoms with E-state index in [0.29, 0.717) is 40.2 Å². The van der Waals surface area contributed by atoms with Crippen LogP contribution in [0.3, 0.4) is 0 Å². The second-order valence-electron chi connectivity index (χ2n) is 9.43. The van der Waals surface area contributed by atoms with Crippen molar-refractivity contribution in [2.24, 2.45) is 0 Å². The molecule has 1 atom stereocenters. The zero-order valence-electron chi connectivity index (χ0n) is 23.4. The molecule has 8 heteroatoms. The van der Waals surface area contributed by atoms with Crippen molar-refractivity contribution in [1.29, 1.82) is 0 Å². The molecule has 7 nitrogen and oxygen atoms in total. The Morgan fingerprint density at radius 3 is 2.52 bits per heavy atom. The Morgan fingerprint density at radius 1 is 1.07 bits per heavy atom. The minimum atomic E-state index is -0.263. The van der Waals surface area contributed by atoms with Crippen molar-refractivity contribution in [3.8, 4) is 0 Å². The van der Waals surface area contributed by atoms with Gasteiger partial charge >= 0.3 is 51.4 Å². The molecule has 4 rings (SSSR count). The number of rotatable bonds is 9. The number of nitrogens with one attached hydrogen (secondary N) is 3. The Balaban J connectivity index is 0.00000441. The Hall–Kier alpha value is -3.14. The van der Waals surface area contributed by atoms with E-state index < -0.39 is 0 Å². The van der Waals surface area contributed by atoms with Crippen LogP contribution in [0.15, 0.2) is 66.9 Å². The largest absolute Gasteiger partial charge is 1.00 e. The quantitative estimate of drug-likeness (QED) is 0.167. The Bertz CT molecular complexity index is 1540. The zero-order chi connectivity index (χ0) is 27.9. The first kappa shape index (κ1) is 31.4. The number of allylic oxidation sites excluding steroid dienone is 1. The minimum Gasteiger partial charge on any atom is -0.388 e. The number of carbonyl (C=O) groups excluding carboxylic acids is 3. The first-order valence-corrected chi connectivity index (χ1v) is 12.6. The van der Waals surface area contributed by atoms with Gasteiger partial charge in [-0.1, -0.05) is 35.9 Å². The molecule has 0 fully saturated rings. The monoisotopic (exact) mass is 557 g/mol. The molecule has 0 bridgehead atoms. The molecule has 0 saturated carbocycles. The second kappa shape index (κ2) is 14.5. The molecule has 0 aliphatic heterocycles. The maximum Gasteiger partial charge on any atom is 1.00 e. The molecule has 2 heterocycles. The smallest absolute Gasteiger partial charge is 0.388 e. The molecule has 0 aliphatic carbocycles. The number of pyridine rings is 1. The summed E-state index contributed by atoms with van der Waals surface area (Å²) < 4.78 is 0. The Kier molecular flexibility index (Phi) is 11.4. The summed E-state index contributed by atoms with van der Waals surface area (Å²) in [5.74, 6) is -0.501. The van der Waals surface area contributed by atoms with E-state index in [0.717, 1.165) is 16.8 Å². The number of hydrogen-bond donors (Lipinski definition) is 3. The van der Waals surface area contributed by atoms with Gasteiger partial charge in [-0.15, -0.1) is 6.07 Å². The van der Waals surface area contributed by atoms with Gasteiger partial charge in [0.2, 0.25) is 5.91 Å². The molecular formula is C32H30KN4O3-. The number of benzene rings is 2. The van der Waals surface area contributed by atoms with Gasteiger partial charge in [0.25, 0.3) is 5.91 Å². The van der Waals surface area contributed by atoms with E-state index in [2.05, 4.69) is 26.7 Å². The number of carbonyl (C=O) groups is 2. The average molecular weight is 558 g/mol. The summed E-state index contributed by atoms with van der Waals surface area (Å²) in [5, 5.41) is 5.89. The van der Waals surface area contributed by atoms with Crippen LogP contribution in [0, 0.1) is 26.8 Å². The maximum atomic E-state index is 13.0. The summed E-state index contributed by atoms with van der Waals surface area (Å²) in [5.41, 5.74) is 6.33. The van der Waals surface area contributed by atoms with E-state index in [4.69, 9.17) is 0 Å². The Morgan fingerprint density at radius 2 is 1.82 bits per heavy atom. The molecular weight excluding hydrogens is 527 g/mol. The maximum absolute atomic E-state index is 13.0. The number of nitrogens with zero attached hydrogens (tertiary/aromatic N) is 1. The van der Waals surface area contributed by atoms with Crippen LogP contribution in [0.4, 0.5) is 0 Å². The molecule has 0 aliphatic rings. The van der Waals surface area contributed by atoms with Crippen molar-refractivity contribution in [3.63, 3.8) is 0 Å². The molecule has 2 amide bonds. The topological polar surface area (TPSA) is 104 Å². The Labute approximate surface area is 277 Å². The molecule has 3 N–H and O–H groups in total. The van der Waals surface area contributed by atoms with Crippen LogP contribution in [0.1, 0.15) is 73.0 Å². The molecule has 40 heavy (non-hydrogen) atoms. The van der Waals surface area contributed by atoms with Gasteiger partial charge in [0, 0.05) is 18.2 Å². The summed E-state index contributed by atoms with van der Waals surface area (Å²) in [4.78, 5) is 45.3. The van der Waals surface area contributed by atoms with Gasteiger partial charge in [0.15, 0.2) is 0 Å². The summed E-state index contributed by atoms with van der Waals surface area (Å²) >= 11 is 0. The normalized spacial score (nSPS) is 11.8. The van der Waals surface area contributed by atoms with Crippen molar-refractivity contribution in [2.75, 3.05) is 0 Å². The summed E-state index contributed by atoms with van der Waals surface area (Å²) in [7, 11) is 0. The van der Waals surface area contributed by atoms with E-state index >= 15 is 0 Å². The number of aromatic amines is 1. The van der Waals surface area contributed by atoms with Crippen LogP contribution in [0.25, 0.3) is 11.6 Å². The predicted molar refractivity (Wildman–Crippen MR) is 152 cm³/mol. The number of aryl methyl sites for hydroxylation is 2.